The second-order valence-corrected chi connectivity index (χ2v) is 7.91. The molecule has 0 bridgehead atoms. The van der Waals surface area contributed by atoms with Gasteiger partial charge in [-0.1, -0.05) is 32.1 Å². The van der Waals surface area contributed by atoms with Crippen LogP contribution in [0, 0.1) is 11.8 Å². The van der Waals surface area contributed by atoms with Crippen LogP contribution < -0.4 is 16.5 Å². The van der Waals surface area contributed by atoms with Gasteiger partial charge in [-0.05, 0) is 12.3 Å². The largest absolute Gasteiger partial charge is 0.378 e. The maximum Gasteiger partial charge on any atom is 0.332 e. The molecular formula is C20H33N5O5. The molecule has 1 heterocycles. The number of hydrogen-bond acceptors (Lipinski definition) is 6. The minimum Gasteiger partial charge on any atom is -0.378 e. The van der Waals surface area contributed by atoms with Crippen molar-refractivity contribution in [3.05, 3.63) is 0 Å². The molecule has 0 unspecified atom stereocenters. The van der Waals surface area contributed by atoms with Crippen LogP contribution in [0.4, 0.5) is 4.79 Å². The van der Waals surface area contributed by atoms with Crippen molar-refractivity contribution in [2.24, 2.45) is 22.7 Å². The molecule has 0 aromatic carbocycles. The number of primary amides is 1. The van der Waals surface area contributed by atoms with Crippen LogP contribution in [0.2, 0.25) is 0 Å². The molecule has 2 fully saturated rings. The highest BCUT2D eigenvalue weighted by molar-refractivity contribution is 5.88. The lowest BCUT2D eigenvalue weighted by molar-refractivity contribution is -0.140. The molecule has 168 valence electrons. The average molecular weight is 424 g/mol. The van der Waals surface area contributed by atoms with Gasteiger partial charge in [-0.2, -0.15) is 5.10 Å². The fourth-order valence-electron chi connectivity index (χ4n) is 4.01. The molecule has 10 nitrogen and oxygen atoms in total. The summed E-state index contributed by atoms with van der Waals surface area (Å²) in [6.07, 6.45) is 8.35. The van der Waals surface area contributed by atoms with Crippen molar-refractivity contribution in [2.45, 2.75) is 57.4 Å². The summed E-state index contributed by atoms with van der Waals surface area (Å²) in [4.78, 5) is 49.2. The molecule has 0 aromatic rings. The van der Waals surface area contributed by atoms with E-state index in [0.717, 1.165) is 25.7 Å². The van der Waals surface area contributed by atoms with E-state index in [1.807, 2.05) is 5.43 Å². The first-order valence-electron chi connectivity index (χ1n) is 10.7. The van der Waals surface area contributed by atoms with E-state index in [-0.39, 0.29) is 24.7 Å². The summed E-state index contributed by atoms with van der Waals surface area (Å²) in [6.45, 7) is 2.09. The van der Waals surface area contributed by atoms with Crippen LogP contribution in [0.15, 0.2) is 5.10 Å². The first kappa shape index (κ1) is 23.8. The van der Waals surface area contributed by atoms with E-state index in [4.69, 9.17) is 10.5 Å². The number of amides is 4. The summed E-state index contributed by atoms with van der Waals surface area (Å²) < 4.78 is 5.30. The highest BCUT2D eigenvalue weighted by Gasteiger charge is 2.30. The molecule has 2 aliphatic rings. The number of carbonyl (C=O) groups is 4. The van der Waals surface area contributed by atoms with E-state index in [1.165, 1.54) is 12.6 Å². The van der Waals surface area contributed by atoms with Gasteiger partial charge in [-0.3, -0.25) is 9.59 Å². The number of hydrazone groups is 1. The molecule has 2 rings (SSSR count). The zero-order chi connectivity index (χ0) is 21.8. The highest BCUT2D eigenvalue weighted by atomic mass is 16.5. The van der Waals surface area contributed by atoms with E-state index in [1.54, 1.807) is 4.90 Å². The summed E-state index contributed by atoms with van der Waals surface area (Å²) in [5.74, 6) is -0.387. The Morgan fingerprint density at radius 3 is 2.50 bits per heavy atom. The van der Waals surface area contributed by atoms with E-state index in [9.17, 15) is 19.2 Å². The highest BCUT2D eigenvalue weighted by Crippen LogP contribution is 2.30. The maximum absolute atomic E-state index is 13.0. The lowest BCUT2D eigenvalue weighted by atomic mass is 9.81. The van der Waals surface area contributed by atoms with Crippen molar-refractivity contribution in [3.8, 4) is 0 Å². The van der Waals surface area contributed by atoms with Crippen molar-refractivity contribution < 1.29 is 23.9 Å². The van der Waals surface area contributed by atoms with E-state index < -0.39 is 18.0 Å². The Morgan fingerprint density at radius 2 is 1.87 bits per heavy atom. The standard InChI is InChI=1S/C20H33N5O5/c21-20(29)24-22-14-17(6-9-26)23-19(28)16(12-15-4-2-1-3-5-15)13-18(27)25-7-10-30-11-8-25/h9,14-17H,1-8,10-13H2,(H,23,28)(H3,21,24,29)/b22-14+/t16-,17+/m1/s1. The molecule has 1 aliphatic carbocycles. The van der Waals surface area contributed by atoms with Crippen LogP contribution in [0.5, 0.6) is 0 Å². The minimum atomic E-state index is -0.839. The number of morpholine rings is 1. The Kier molecular flexibility index (Phi) is 10.3. The number of hydrogen-bond donors (Lipinski definition) is 3. The van der Waals surface area contributed by atoms with Gasteiger partial charge in [-0.25, -0.2) is 10.2 Å². The number of aldehydes is 1. The second kappa shape index (κ2) is 12.9. The molecule has 1 aliphatic heterocycles. The van der Waals surface area contributed by atoms with Crippen molar-refractivity contribution in [1.29, 1.82) is 0 Å². The third-order valence-corrected chi connectivity index (χ3v) is 5.61. The van der Waals surface area contributed by atoms with E-state index >= 15 is 0 Å². The molecule has 0 aromatic heterocycles. The number of urea groups is 1. The van der Waals surface area contributed by atoms with Crippen LogP contribution in [0.1, 0.15) is 51.4 Å². The van der Waals surface area contributed by atoms with Gasteiger partial charge < -0.3 is 25.5 Å². The monoisotopic (exact) mass is 423 g/mol. The SMILES string of the molecule is NC(=O)N/N=C/[C@H](CC=O)NC(=O)[C@@H](CC(=O)N1CCOCC1)CC1CCCCC1. The van der Waals surface area contributed by atoms with Crippen LogP contribution >= 0.6 is 0 Å². The van der Waals surface area contributed by atoms with Gasteiger partial charge in [0.1, 0.15) is 6.29 Å². The quantitative estimate of drug-likeness (QED) is 0.267. The first-order valence-corrected chi connectivity index (χ1v) is 10.7. The van der Waals surface area contributed by atoms with Crippen LogP contribution in [-0.4, -0.2) is 67.6 Å². The molecule has 1 saturated heterocycles. The van der Waals surface area contributed by atoms with Gasteiger partial charge in [0.2, 0.25) is 11.8 Å². The topological polar surface area (TPSA) is 143 Å². The van der Waals surface area contributed by atoms with E-state index in [0.29, 0.717) is 44.9 Å². The van der Waals surface area contributed by atoms with Crippen molar-refractivity contribution in [2.75, 3.05) is 26.3 Å². The van der Waals surface area contributed by atoms with Crippen molar-refractivity contribution in [1.82, 2.24) is 15.6 Å². The Labute approximate surface area is 176 Å². The van der Waals surface area contributed by atoms with Gasteiger partial charge in [0.15, 0.2) is 0 Å². The smallest absolute Gasteiger partial charge is 0.332 e. The van der Waals surface area contributed by atoms with Gasteiger partial charge in [0, 0.05) is 38.1 Å². The number of carbonyl (C=O) groups excluding carboxylic acids is 4. The lowest BCUT2D eigenvalue weighted by Crippen LogP contribution is -2.45. The number of nitrogens with one attached hydrogen (secondary N) is 2. The first-order chi connectivity index (χ1) is 14.5. The van der Waals surface area contributed by atoms with E-state index in [2.05, 4.69) is 10.4 Å². The average Bonchev–Trinajstić information content (AvgIpc) is 2.74. The minimum absolute atomic E-state index is 0.00322. The second-order valence-electron chi connectivity index (χ2n) is 7.91. The van der Waals surface area contributed by atoms with Crippen LogP contribution in [0.3, 0.4) is 0 Å². The van der Waals surface area contributed by atoms with Gasteiger partial charge >= 0.3 is 6.03 Å². The zero-order valence-corrected chi connectivity index (χ0v) is 17.4. The summed E-state index contributed by atoms with van der Waals surface area (Å²) in [5, 5.41) is 6.42. The van der Waals surface area contributed by atoms with Crippen LogP contribution in [-0.2, 0) is 19.1 Å². The van der Waals surface area contributed by atoms with Crippen molar-refractivity contribution in [3.63, 3.8) is 0 Å². The maximum atomic E-state index is 13.0. The fourth-order valence-corrected chi connectivity index (χ4v) is 4.01. The fraction of sp³-hybridized carbons (Fsp3) is 0.750. The summed E-state index contributed by atoms with van der Waals surface area (Å²) >= 11 is 0. The molecule has 2 atom stereocenters. The predicted molar refractivity (Wildman–Crippen MR) is 111 cm³/mol. The molecule has 30 heavy (non-hydrogen) atoms. The van der Waals surface area contributed by atoms with Crippen LogP contribution in [0.25, 0.3) is 0 Å². The molecule has 4 N–H and O–H groups in total. The van der Waals surface area contributed by atoms with Gasteiger partial charge in [-0.15, -0.1) is 0 Å². The summed E-state index contributed by atoms with van der Waals surface area (Å²) in [6, 6.07) is -1.53. The third kappa shape index (κ3) is 8.48. The molecule has 4 amide bonds. The number of ether oxygens (including phenoxy) is 1. The lowest BCUT2D eigenvalue weighted by Gasteiger charge is -2.30. The third-order valence-electron chi connectivity index (χ3n) is 5.61. The molecule has 0 radical (unpaired) electrons. The Morgan fingerprint density at radius 1 is 1.17 bits per heavy atom. The molecule has 0 spiro atoms. The van der Waals surface area contributed by atoms with Gasteiger partial charge in [0.05, 0.1) is 19.3 Å². The number of rotatable bonds is 10. The Hall–Kier alpha value is -2.49. The molecular weight excluding hydrogens is 390 g/mol. The summed E-state index contributed by atoms with van der Waals surface area (Å²) in [5.41, 5.74) is 7.01. The Bertz CT molecular complexity index is 615. The number of nitrogens with two attached hydrogens (primary N) is 1. The Balaban J connectivity index is 2.02. The van der Waals surface area contributed by atoms with Crippen molar-refractivity contribution >= 4 is 30.3 Å². The van der Waals surface area contributed by atoms with Gasteiger partial charge in [0.25, 0.3) is 0 Å². The molecule has 10 heteroatoms. The zero-order valence-electron chi connectivity index (χ0n) is 17.4. The predicted octanol–water partition coefficient (Wildman–Crippen LogP) is 0.550. The normalized spacial score (nSPS) is 19.8. The number of nitrogens with zero attached hydrogens (tertiary/aromatic N) is 2. The summed E-state index contributed by atoms with van der Waals surface area (Å²) in [7, 11) is 0. The molecule has 1 saturated carbocycles.